The molecule has 0 aromatic heterocycles. The van der Waals surface area contributed by atoms with E-state index in [0.717, 1.165) is 44.9 Å². The molecule has 1 aromatic carbocycles. The third kappa shape index (κ3) is 3.51. The van der Waals surface area contributed by atoms with Crippen molar-refractivity contribution in [3.05, 3.63) is 29.8 Å². The molecule has 1 aliphatic carbocycles. The summed E-state index contributed by atoms with van der Waals surface area (Å²) in [5, 5.41) is 0. The predicted octanol–water partition coefficient (Wildman–Crippen LogP) is 3.31. The fourth-order valence-corrected chi connectivity index (χ4v) is 4.00. The lowest BCUT2D eigenvalue weighted by molar-refractivity contribution is -0.136. The van der Waals surface area contributed by atoms with Crippen molar-refractivity contribution in [2.45, 2.75) is 30.6 Å². The largest absolute Gasteiger partial charge is 0.497 e. The summed E-state index contributed by atoms with van der Waals surface area (Å²) in [5.41, 5.74) is 0.645. The zero-order chi connectivity index (χ0) is 17.4. The standard InChI is InChI=1S/C18H24Cl2N2O2/c1-17(13-18(17,19)20)16(23)22-9-3-8-21(10-11-22)12-14-4-6-15(24-2)7-5-14/h4-7H,3,8-13H2,1-2H3. The van der Waals surface area contributed by atoms with Crippen molar-refractivity contribution < 1.29 is 9.53 Å². The van der Waals surface area contributed by atoms with E-state index in [1.54, 1.807) is 7.11 Å². The van der Waals surface area contributed by atoms with Gasteiger partial charge in [-0.1, -0.05) is 12.1 Å². The van der Waals surface area contributed by atoms with Gasteiger partial charge in [-0.2, -0.15) is 0 Å². The van der Waals surface area contributed by atoms with Crippen LogP contribution in [0.1, 0.15) is 25.3 Å². The van der Waals surface area contributed by atoms with Gasteiger partial charge in [-0.3, -0.25) is 9.69 Å². The van der Waals surface area contributed by atoms with E-state index in [4.69, 9.17) is 27.9 Å². The van der Waals surface area contributed by atoms with E-state index in [2.05, 4.69) is 17.0 Å². The van der Waals surface area contributed by atoms with Crippen molar-refractivity contribution in [1.82, 2.24) is 9.80 Å². The van der Waals surface area contributed by atoms with Crippen molar-refractivity contribution >= 4 is 29.1 Å². The fraction of sp³-hybridized carbons (Fsp3) is 0.611. The van der Waals surface area contributed by atoms with Gasteiger partial charge in [0.2, 0.25) is 5.91 Å². The van der Waals surface area contributed by atoms with Gasteiger partial charge in [0.25, 0.3) is 0 Å². The minimum Gasteiger partial charge on any atom is -0.497 e. The quantitative estimate of drug-likeness (QED) is 0.762. The van der Waals surface area contributed by atoms with Crippen molar-refractivity contribution in [2.24, 2.45) is 5.41 Å². The second-order valence-electron chi connectivity index (χ2n) is 6.98. The summed E-state index contributed by atoms with van der Waals surface area (Å²) in [6.45, 7) is 6.12. The maximum atomic E-state index is 12.7. The van der Waals surface area contributed by atoms with Crippen LogP contribution >= 0.6 is 23.2 Å². The highest BCUT2D eigenvalue weighted by Gasteiger charge is 2.68. The molecule has 1 aromatic rings. The highest BCUT2D eigenvalue weighted by molar-refractivity contribution is 6.53. The van der Waals surface area contributed by atoms with Gasteiger partial charge in [0.15, 0.2) is 0 Å². The van der Waals surface area contributed by atoms with Crippen LogP contribution in [-0.2, 0) is 11.3 Å². The van der Waals surface area contributed by atoms with Gasteiger partial charge in [-0.05, 0) is 37.5 Å². The second-order valence-corrected chi connectivity index (χ2v) is 8.47. The van der Waals surface area contributed by atoms with E-state index in [9.17, 15) is 4.79 Å². The van der Waals surface area contributed by atoms with Crippen LogP contribution in [0.15, 0.2) is 24.3 Å². The molecule has 4 nitrogen and oxygen atoms in total. The van der Waals surface area contributed by atoms with Crippen molar-refractivity contribution in [3.63, 3.8) is 0 Å². The van der Waals surface area contributed by atoms with Crippen LogP contribution in [-0.4, -0.2) is 53.3 Å². The van der Waals surface area contributed by atoms with Gasteiger partial charge < -0.3 is 9.64 Å². The molecule has 1 atom stereocenters. The number of ether oxygens (including phenoxy) is 1. The average Bonchev–Trinajstić information content (AvgIpc) is 3.17. The first-order chi connectivity index (χ1) is 11.4. The number of nitrogens with zero attached hydrogens (tertiary/aromatic N) is 2. The SMILES string of the molecule is COc1ccc(CN2CCCN(C(=O)C3(C)CC3(Cl)Cl)CC2)cc1. The Hall–Kier alpha value is -0.970. The first-order valence-corrected chi connectivity index (χ1v) is 9.14. The minimum atomic E-state index is -0.890. The Labute approximate surface area is 153 Å². The molecule has 2 fully saturated rings. The fourth-order valence-electron chi connectivity index (χ4n) is 3.30. The number of carbonyl (C=O) groups excluding carboxylic acids is 1. The first kappa shape index (κ1) is 17.8. The maximum Gasteiger partial charge on any atom is 0.231 e. The number of methoxy groups -OCH3 is 1. The van der Waals surface area contributed by atoms with Crippen molar-refractivity contribution in [2.75, 3.05) is 33.3 Å². The Morgan fingerprint density at radius 2 is 1.83 bits per heavy atom. The summed E-state index contributed by atoms with van der Waals surface area (Å²) >= 11 is 12.3. The maximum absolute atomic E-state index is 12.7. The predicted molar refractivity (Wildman–Crippen MR) is 96.6 cm³/mol. The lowest BCUT2D eigenvalue weighted by atomic mass is 10.1. The minimum absolute atomic E-state index is 0.0961. The summed E-state index contributed by atoms with van der Waals surface area (Å²) in [6.07, 6.45) is 1.52. The number of alkyl halides is 2. The number of rotatable bonds is 4. The number of carbonyl (C=O) groups is 1. The smallest absolute Gasteiger partial charge is 0.231 e. The Bertz CT molecular complexity index is 606. The molecule has 1 saturated carbocycles. The summed E-state index contributed by atoms with van der Waals surface area (Å²) in [6, 6.07) is 8.15. The van der Waals surface area contributed by atoms with Gasteiger partial charge in [0.1, 0.15) is 10.1 Å². The highest BCUT2D eigenvalue weighted by atomic mass is 35.5. The number of amides is 1. The summed E-state index contributed by atoms with van der Waals surface area (Å²) in [7, 11) is 1.67. The molecule has 1 saturated heterocycles. The van der Waals surface area contributed by atoms with Gasteiger partial charge in [-0.25, -0.2) is 0 Å². The van der Waals surface area contributed by atoms with E-state index in [-0.39, 0.29) is 5.91 Å². The molecule has 2 aliphatic rings. The van der Waals surface area contributed by atoms with Crippen LogP contribution in [0, 0.1) is 5.41 Å². The molecule has 3 rings (SSSR count). The molecule has 0 spiro atoms. The second kappa shape index (κ2) is 6.74. The van der Waals surface area contributed by atoms with E-state index in [0.29, 0.717) is 6.42 Å². The molecule has 1 aliphatic heterocycles. The van der Waals surface area contributed by atoms with E-state index < -0.39 is 9.75 Å². The normalized spacial score (nSPS) is 26.8. The van der Waals surface area contributed by atoms with E-state index in [1.807, 2.05) is 24.0 Å². The molecule has 24 heavy (non-hydrogen) atoms. The Morgan fingerprint density at radius 1 is 1.17 bits per heavy atom. The number of hydrogen-bond donors (Lipinski definition) is 0. The lowest BCUT2D eigenvalue weighted by Gasteiger charge is -2.25. The third-order valence-electron chi connectivity index (χ3n) is 5.17. The molecule has 6 heteroatoms. The van der Waals surface area contributed by atoms with E-state index in [1.165, 1.54) is 5.56 Å². The monoisotopic (exact) mass is 370 g/mol. The first-order valence-electron chi connectivity index (χ1n) is 8.38. The Morgan fingerprint density at radius 3 is 2.42 bits per heavy atom. The van der Waals surface area contributed by atoms with Crippen LogP contribution in [0.25, 0.3) is 0 Å². The molecular weight excluding hydrogens is 347 g/mol. The molecular formula is C18H24Cl2N2O2. The van der Waals surface area contributed by atoms with Crippen molar-refractivity contribution in [1.29, 1.82) is 0 Å². The highest BCUT2D eigenvalue weighted by Crippen LogP contribution is 2.64. The number of hydrogen-bond acceptors (Lipinski definition) is 3. The van der Waals surface area contributed by atoms with Gasteiger partial charge >= 0.3 is 0 Å². The summed E-state index contributed by atoms with van der Waals surface area (Å²) < 4.78 is 4.31. The zero-order valence-corrected chi connectivity index (χ0v) is 15.7. The van der Waals surface area contributed by atoms with Gasteiger partial charge in [0, 0.05) is 32.7 Å². The topological polar surface area (TPSA) is 32.8 Å². The van der Waals surface area contributed by atoms with E-state index >= 15 is 0 Å². The zero-order valence-electron chi connectivity index (χ0n) is 14.2. The van der Waals surface area contributed by atoms with Crippen LogP contribution in [0.4, 0.5) is 0 Å². The van der Waals surface area contributed by atoms with Crippen LogP contribution in [0.2, 0.25) is 0 Å². The van der Waals surface area contributed by atoms with Gasteiger partial charge in [0.05, 0.1) is 12.5 Å². The molecule has 1 unspecified atom stereocenters. The molecule has 1 amide bonds. The Balaban J connectivity index is 1.56. The number of halogens is 2. The van der Waals surface area contributed by atoms with Crippen LogP contribution in [0.5, 0.6) is 5.75 Å². The molecule has 0 radical (unpaired) electrons. The average molecular weight is 371 g/mol. The molecule has 132 valence electrons. The summed E-state index contributed by atoms with van der Waals surface area (Å²) in [5.74, 6) is 0.966. The molecule has 0 N–H and O–H groups in total. The third-order valence-corrected chi connectivity index (χ3v) is 6.27. The summed E-state index contributed by atoms with van der Waals surface area (Å²) in [4.78, 5) is 17.0. The van der Waals surface area contributed by atoms with Crippen molar-refractivity contribution in [3.8, 4) is 5.75 Å². The molecule has 0 bridgehead atoms. The van der Waals surface area contributed by atoms with Crippen LogP contribution < -0.4 is 4.74 Å². The Kier molecular flexibility index (Phi) is 5.01. The van der Waals surface area contributed by atoms with Crippen LogP contribution in [0.3, 0.4) is 0 Å². The lowest BCUT2D eigenvalue weighted by Crippen LogP contribution is -2.40. The van der Waals surface area contributed by atoms with Gasteiger partial charge in [-0.15, -0.1) is 23.2 Å². The molecule has 1 heterocycles. The number of benzene rings is 1.